The van der Waals surface area contributed by atoms with E-state index in [-0.39, 0.29) is 24.2 Å². The van der Waals surface area contributed by atoms with Crippen LogP contribution in [0.4, 0.5) is 0 Å². The van der Waals surface area contributed by atoms with Gasteiger partial charge in [-0.05, 0) is 48.3 Å². The lowest BCUT2D eigenvalue weighted by Crippen LogP contribution is -2.50. The standard InChI is InChI=1S/C27H28N2O3/c1-17-23-12-11-22-24(19-9-7-18(8-10-19)13-14-30)28-29-26(22)27(23,15-20(16-31)25(17)32)21-5-3-2-4-6-21/h2-10,16-17,23,30-31H,11-15H2,1H3,(H,28,29)/b20-16-/t17-,23-,27+/m0/s1. The van der Waals surface area contributed by atoms with Crippen molar-refractivity contribution in [3.8, 4) is 11.3 Å². The fourth-order valence-corrected chi connectivity index (χ4v) is 5.96. The molecule has 2 aromatic carbocycles. The molecule has 1 fully saturated rings. The summed E-state index contributed by atoms with van der Waals surface area (Å²) in [5, 5.41) is 27.3. The number of hydrogen-bond donors (Lipinski definition) is 3. The molecule has 1 saturated carbocycles. The van der Waals surface area contributed by atoms with E-state index in [2.05, 4.69) is 29.4 Å². The first-order chi connectivity index (χ1) is 15.6. The highest BCUT2D eigenvalue weighted by Crippen LogP contribution is 2.56. The molecule has 0 radical (unpaired) electrons. The monoisotopic (exact) mass is 428 g/mol. The van der Waals surface area contributed by atoms with Gasteiger partial charge in [0.2, 0.25) is 0 Å². The number of ketones is 1. The number of hydrogen-bond acceptors (Lipinski definition) is 4. The van der Waals surface area contributed by atoms with Crippen molar-refractivity contribution >= 4 is 5.78 Å². The van der Waals surface area contributed by atoms with Gasteiger partial charge in [0.25, 0.3) is 0 Å². The Morgan fingerprint density at radius 1 is 1.16 bits per heavy atom. The number of nitrogens with one attached hydrogen (secondary N) is 1. The lowest BCUT2D eigenvalue weighted by atomic mass is 9.52. The normalized spacial score (nSPS) is 26.1. The number of aromatic amines is 1. The zero-order chi connectivity index (χ0) is 22.3. The first-order valence-corrected chi connectivity index (χ1v) is 11.3. The number of H-pyrrole nitrogens is 1. The van der Waals surface area contributed by atoms with Crippen molar-refractivity contribution in [3.63, 3.8) is 0 Å². The average molecular weight is 429 g/mol. The third kappa shape index (κ3) is 3.03. The molecule has 5 rings (SSSR count). The van der Waals surface area contributed by atoms with E-state index in [9.17, 15) is 15.0 Å². The van der Waals surface area contributed by atoms with Crippen molar-refractivity contribution in [2.45, 2.75) is 38.0 Å². The molecule has 0 saturated heterocycles. The summed E-state index contributed by atoms with van der Waals surface area (Å²) < 4.78 is 0. The maximum atomic E-state index is 12.9. The summed E-state index contributed by atoms with van der Waals surface area (Å²) in [6, 6.07) is 18.6. The summed E-state index contributed by atoms with van der Waals surface area (Å²) in [6.45, 7) is 2.13. The molecule has 0 bridgehead atoms. The minimum atomic E-state index is -0.456. The van der Waals surface area contributed by atoms with Crippen molar-refractivity contribution in [2.24, 2.45) is 11.8 Å². The number of Topliss-reactive ketones (excluding diaryl/α,β-unsaturated/α-hetero) is 1. The summed E-state index contributed by atoms with van der Waals surface area (Å²) in [7, 11) is 0. The van der Waals surface area contributed by atoms with Crippen LogP contribution in [0.2, 0.25) is 0 Å². The van der Waals surface area contributed by atoms with Gasteiger partial charge in [0, 0.05) is 29.1 Å². The number of aromatic nitrogens is 2. The molecule has 0 unspecified atom stereocenters. The van der Waals surface area contributed by atoms with Crippen LogP contribution in [0.25, 0.3) is 11.3 Å². The summed E-state index contributed by atoms with van der Waals surface area (Å²) in [5.74, 6) is -0.0205. The molecule has 3 atom stereocenters. The minimum absolute atomic E-state index is 0.0442. The van der Waals surface area contributed by atoms with E-state index in [4.69, 9.17) is 5.10 Å². The van der Waals surface area contributed by atoms with E-state index < -0.39 is 5.41 Å². The third-order valence-electron chi connectivity index (χ3n) is 7.52. The largest absolute Gasteiger partial charge is 0.515 e. The molecule has 1 aromatic heterocycles. The number of benzene rings is 2. The van der Waals surface area contributed by atoms with Crippen LogP contribution in [0, 0.1) is 11.8 Å². The number of rotatable bonds is 4. The van der Waals surface area contributed by atoms with Crippen LogP contribution in [-0.2, 0) is 23.1 Å². The van der Waals surface area contributed by atoms with Gasteiger partial charge in [0.05, 0.1) is 17.6 Å². The molecule has 32 heavy (non-hydrogen) atoms. The second kappa shape index (κ2) is 8.06. The van der Waals surface area contributed by atoms with E-state index in [1.807, 2.05) is 37.3 Å². The van der Waals surface area contributed by atoms with Gasteiger partial charge in [-0.3, -0.25) is 9.89 Å². The van der Waals surface area contributed by atoms with Crippen LogP contribution >= 0.6 is 0 Å². The number of allylic oxidation sites excluding steroid dienone is 1. The van der Waals surface area contributed by atoms with E-state index in [1.54, 1.807) is 0 Å². The van der Waals surface area contributed by atoms with Crippen molar-refractivity contribution < 1.29 is 15.0 Å². The van der Waals surface area contributed by atoms with Gasteiger partial charge in [-0.2, -0.15) is 5.10 Å². The predicted molar refractivity (Wildman–Crippen MR) is 123 cm³/mol. The average Bonchev–Trinajstić information content (AvgIpc) is 3.27. The zero-order valence-corrected chi connectivity index (χ0v) is 18.2. The molecule has 0 spiro atoms. The van der Waals surface area contributed by atoms with Gasteiger partial charge in [-0.15, -0.1) is 0 Å². The van der Waals surface area contributed by atoms with Crippen molar-refractivity contribution in [1.82, 2.24) is 10.2 Å². The number of fused-ring (bicyclic) bond motifs is 3. The molecule has 0 amide bonds. The maximum absolute atomic E-state index is 12.9. The first-order valence-electron chi connectivity index (χ1n) is 11.3. The summed E-state index contributed by atoms with van der Waals surface area (Å²) in [6.07, 6.45) is 3.84. The first kappa shape index (κ1) is 20.7. The molecular weight excluding hydrogens is 400 g/mol. The lowest BCUT2D eigenvalue weighted by molar-refractivity contribution is -0.123. The van der Waals surface area contributed by atoms with E-state index >= 15 is 0 Å². The molecular formula is C27H28N2O3. The Kier molecular flexibility index (Phi) is 5.22. The molecule has 164 valence electrons. The number of carbonyl (C=O) groups excluding carboxylic acids is 1. The Balaban J connectivity index is 1.68. The Labute approximate surface area is 187 Å². The second-order valence-electron chi connectivity index (χ2n) is 9.06. The lowest BCUT2D eigenvalue weighted by Gasteiger charge is -2.49. The van der Waals surface area contributed by atoms with Gasteiger partial charge >= 0.3 is 0 Å². The van der Waals surface area contributed by atoms with Crippen molar-refractivity contribution in [1.29, 1.82) is 0 Å². The number of carbonyl (C=O) groups is 1. The van der Waals surface area contributed by atoms with Crippen LogP contribution in [-0.4, -0.2) is 32.8 Å². The fourth-order valence-electron chi connectivity index (χ4n) is 5.96. The second-order valence-corrected chi connectivity index (χ2v) is 9.06. The number of aliphatic hydroxyl groups is 2. The van der Waals surface area contributed by atoms with E-state index in [1.165, 1.54) is 5.56 Å². The SMILES string of the molecule is C[C@@H]1C(=O)/C(=C\O)C[C@]2(c3ccccc3)c3n[nH]c(-c4ccc(CCO)cc4)c3CC[C@@H]12. The highest BCUT2D eigenvalue weighted by molar-refractivity contribution is 5.98. The summed E-state index contributed by atoms with van der Waals surface area (Å²) in [4.78, 5) is 12.9. The van der Waals surface area contributed by atoms with Crippen LogP contribution in [0.3, 0.4) is 0 Å². The fraction of sp³-hybridized carbons (Fsp3) is 0.333. The summed E-state index contributed by atoms with van der Waals surface area (Å²) in [5.41, 5.74) is 6.53. The quantitative estimate of drug-likeness (QED) is 0.422. The van der Waals surface area contributed by atoms with E-state index in [0.717, 1.165) is 47.2 Å². The molecule has 3 aromatic rings. The van der Waals surface area contributed by atoms with Gasteiger partial charge in [-0.1, -0.05) is 61.5 Å². The smallest absolute Gasteiger partial charge is 0.165 e. The van der Waals surface area contributed by atoms with Gasteiger partial charge in [0.1, 0.15) is 0 Å². The third-order valence-corrected chi connectivity index (χ3v) is 7.52. The molecule has 1 heterocycles. The van der Waals surface area contributed by atoms with Crippen LogP contribution in [0.15, 0.2) is 66.4 Å². The number of aliphatic hydroxyl groups excluding tert-OH is 2. The Hall–Kier alpha value is -3.18. The highest BCUT2D eigenvalue weighted by Gasteiger charge is 2.55. The van der Waals surface area contributed by atoms with Crippen molar-refractivity contribution in [3.05, 3.63) is 88.8 Å². The molecule has 2 aliphatic rings. The summed E-state index contributed by atoms with van der Waals surface area (Å²) >= 11 is 0. The van der Waals surface area contributed by atoms with Crippen LogP contribution in [0.1, 0.15) is 42.1 Å². The van der Waals surface area contributed by atoms with Gasteiger partial charge in [0.15, 0.2) is 5.78 Å². The van der Waals surface area contributed by atoms with Crippen LogP contribution in [0.5, 0.6) is 0 Å². The Bertz CT molecular complexity index is 1160. The Morgan fingerprint density at radius 3 is 2.59 bits per heavy atom. The predicted octanol–water partition coefficient (Wildman–Crippen LogP) is 4.51. The van der Waals surface area contributed by atoms with E-state index in [0.29, 0.717) is 18.4 Å². The molecule has 3 N–H and O–H groups in total. The molecule has 5 nitrogen and oxygen atoms in total. The number of nitrogens with zero attached hydrogens (tertiary/aromatic N) is 1. The molecule has 0 aliphatic heterocycles. The highest BCUT2D eigenvalue weighted by atomic mass is 16.3. The van der Waals surface area contributed by atoms with Gasteiger partial charge < -0.3 is 10.2 Å². The molecule has 2 aliphatic carbocycles. The zero-order valence-electron chi connectivity index (χ0n) is 18.2. The maximum Gasteiger partial charge on any atom is 0.165 e. The van der Waals surface area contributed by atoms with Crippen molar-refractivity contribution in [2.75, 3.05) is 6.61 Å². The van der Waals surface area contributed by atoms with Gasteiger partial charge in [-0.25, -0.2) is 0 Å². The topological polar surface area (TPSA) is 86.2 Å². The minimum Gasteiger partial charge on any atom is -0.515 e. The molecule has 5 heteroatoms. The van der Waals surface area contributed by atoms with Crippen LogP contribution < -0.4 is 0 Å². The Morgan fingerprint density at radius 2 is 1.91 bits per heavy atom.